The molecule has 4 nitrogen and oxygen atoms in total. The Bertz CT molecular complexity index is 438. The summed E-state index contributed by atoms with van der Waals surface area (Å²) in [6.07, 6.45) is 0.994. The van der Waals surface area contributed by atoms with Gasteiger partial charge in [0.2, 0.25) is 0 Å². The summed E-state index contributed by atoms with van der Waals surface area (Å²) in [6.45, 7) is 6.26. The molecule has 1 saturated heterocycles. The maximum Gasteiger partial charge on any atom is 0.272 e. The van der Waals surface area contributed by atoms with E-state index in [2.05, 4.69) is 9.88 Å². The van der Waals surface area contributed by atoms with Crippen molar-refractivity contribution in [3.05, 3.63) is 29.6 Å². The zero-order valence-corrected chi connectivity index (χ0v) is 12.1. The largest absolute Gasteiger partial charge is 0.336 e. The monoisotopic (exact) mass is 281 g/mol. The van der Waals surface area contributed by atoms with E-state index in [4.69, 9.17) is 11.6 Å². The molecule has 2 rings (SSSR count). The van der Waals surface area contributed by atoms with E-state index in [1.54, 1.807) is 6.07 Å². The molecule has 1 aliphatic heterocycles. The van der Waals surface area contributed by atoms with Crippen LogP contribution in [-0.2, 0) is 0 Å². The average Bonchev–Trinajstić information content (AvgIpc) is 2.64. The first-order valence-corrected chi connectivity index (χ1v) is 7.25. The number of alkyl halides is 1. The molecule has 1 aromatic rings. The lowest BCUT2D eigenvalue weighted by atomic mass is 10.2. The van der Waals surface area contributed by atoms with E-state index in [-0.39, 0.29) is 5.91 Å². The lowest BCUT2D eigenvalue weighted by Gasteiger charge is -2.21. The van der Waals surface area contributed by atoms with Crippen LogP contribution in [0.1, 0.15) is 22.6 Å². The normalized spacial score (nSPS) is 17.3. The van der Waals surface area contributed by atoms with Gasteiger partial charge in [-0.15, -0.1) is 11.6 Å². The number of nitrogens with zero attached hydrogens (tertiary/aromatic N) is 3. The minimum absolute atomic E-state index is 0.0384. The highest BCUT2D eigenvalue weighted by Gasteiger charge is 2.20. The molecule has 0 radical (unpaired) electrons. The molecule has 0 saturated carbocycles. The van der Waals surface area contributed by atoms with E-state index >= 15 is 0 Å². The zero-order chi connectivity index (χ0) is 13.7. The molecule has 5 heteroatoms. The average molecular weight is 282 g/mol. The molecular weight excluding hydrogens is 262 g/mol. The Morgan fingerprint density at radius 2 is 2.16 bits per heavy atom. The Morgan fingerprint density at radius 1 is 1.32 bits per heavy atom. The first kappa shape index (κ1) is 14.3. The molecule has 1 aliphatic rings. The minimum Gasteiger partial charge on any atom is -0.336 e. The molecule has 2 heterocycles. The van der Waals surface area contributed by atoms with Gasteiger partial charge in [-0.25, -0.2) is 4.98 Å². The van der Waals surface area contributed by atoms with Crippen molar-refractivity contribution in [2.75, 3.05) is 38.6 Å². The second kappa shape index (κ2) is 6.87. The number of carbonyl (C=O) groups excluding carboxylic acids is 1. The second-order valence-corrected chi connectivity index (χ2v) is 5.22. The SMILES string of the molecule is Cc1cccc(C(=O)N2CCCN(CCCl)CC2)n1. The number of hydrogen-bond donors (Lipinski definition) is 0. The first-order chi connectivity index (χ1) is 9.20. The van der Waals surface area contributed by atoms with Crippen molar-refractivity contribution >= 4 is 17.5 Å². The minimum atomic E-state index is 0.0384. The standard InChI is InChI=1S/C14H20ClN3O/c1-12-4-2-5-13(16-12)14(19)18-8-3-7-17(9-6-15)10-11-18/h2,4-5H,3,6-11H2,1H3. The molecule has 0 aliphatic carbocycles. The van der Waals surface area contributed by atoms with E-state index in [1.165, 1.54) is 0 Å². The highest BCUT2D eigenvalue weighted by molar-refractivity contribution is 6.18. The van der Waals surface area contributed by atoms with Crippen LogP contribution in [0.2, 0.25) is 0 Å². The third kappa shape index (κ3) is 3.91. The van der Waals surface area contributed by atoms with Gasteiger partial charge in [-0.05, 0) is 32.0 Å². The Morgan fingerprint density at radius 3 is 2.89 bits per heavy atom. The van der Waals surface area contributed by atoms with Crippen LogP contribution in [0.5, 0.6) is 0 Å². The summed E-state index contributed by atoms with van der Waals surface area (Å²) in [6, 6.07) is 5.57. The number of pyridine rings is 1. The van der Waals surface area contributed by atoms with Gasteiger partial charge in [-0.3, -0.25) is 4.79 Å². The van der Waals surface area contributed by atoms with Crippen molar-refractivity contribution in [1.82, 2.24) is 14.8 Å². The summed E-state index contributed by atoms with van der Waals surface area (Å²) in [5, 5.41) is 0. The molecule has 0 atom stereocenters. The van der Waals surface area contributed by atoms with Gasteiger partial charge in [0.15, 0.2) is 0 Å². The van der Waals surface area contributed by atoms with Crippen LogP contribution >= 0.6 is 11.6 Å². The van der Waals surface area contributed by atoms with Crippen molar-refractivity contribution in [2.24, 2.45) is 0 Å². The lowest BCUT2D eigenvalue weighted by molar-refractivity contribution is 0.0755. The van der Waals surface area contributed by atoms with Gasteiger partial charge in [0.1, 0.15) is 5.69 Å². The summed E-state index contributed by atoms with van der Waals surface area (Å²) >= 11 is 5.77. The van der Waals surface area contributed by atoms with Crippen molar-refractivity contribution in [2.45, 2.75) is 13.3 Å². The summed E-state index contributed by atoms with van der Waals surface area (Å²) in [5.74, 6) is 0.685. The third-order valence-electron chi connectivity index (χ3n) is 3.38. The van der Waals surface area contributed by atoms with Crippen molar-refractivity contribution in [3.63, 3.8) is 0 Å². The summed E-state index contributed by atoms with van der Waals surface area (Å²) in [7, 11) is 0. The predicted octanol–water partition coefficient (Wildman–Crippen LogP) is 1.78. The number of aromatic nitrogens is 1. The molecule has 104 valence electrons. The van der Waals surface area contributed by atoms with E-state index in [1.807, 2.05) is 24.0 Å². The molecule has 1 fully saturated rings. The van der Waals surface area contributed by atoms with Crippen LogP contribution in [0.3, 0.4) is 0 Å². The van der Waals surface area contributed by atoms with Crippen molar-refractivity contribution in [3.8, 4) is 0 Å². The van der Waals surface area contributed by atoms with Gasteiger partial charge in [-0.1, -0.05) is 6.07 Å². The van der Waals surface area contributed by atoms with E-state index in [0.29, 0.717) is 11.6 Å². The van der Waals surface area contributed by atoms with Gasteiger partial charge in [-0.2, -0.15) is 0 Å². The Kier molecular flexibility index (Phi) is 5.16. The number of aryl methyl sites for hydroxylation is 1. The number of amides is 1. The Labute approximate surface area is 119 Å². The van der Waals surface area contributed by atoms with E-state index < -0.39 is 0 Å². The van der Waals surface area contributed by atoms with Gasteiger partial charge in [0.25, 0.3) is 5.91 Å². The maximum absolute atomic E-state index is 12.4. The Hall–Kier alpha value is -1.13. The van der Waals surface area contributed by atoms with Gasteiger partial charge < -0.3 is 9.80 Å². The molecule has 0 aromatic carbocycles. The van der Waals surface area contributed by atoms with Crippen molar-refractivity contribution in [1.29, 1.82) is 0 Å². The number of hydrogen-bond acceptors (Lipinski definition) is 3. The fourth-order valence-corrected chi connectivity index (χ4v) is 2.58. The molecule has 0 spiro atoms. The molecule has 0 N–H and O–H groups in total. The number of carbonyl (C=O) groups is 1. The predicted molar refractivity (Wildman–Crippen MR) is 76.7 cm³/mol. The topological polar surface area (TPSA) is 36.4 Å². The first-order valence-electron chi connectivity index (χ1n) is 6.72. The molecule has 1 aromatic heterocycles. The fraction of sp³-hybridized carbons (Fsp3) is 0.571. The molecule has 0 unspecified atom stereocenters. The quantitative estimate of drug-likeness (QED) is 0.793. The molecule has 1 amide bonds. The van der Waals surface area contributed by atoms with Gasteiger partial charge in [0.05, 0.1) is 0 Å². The highest BCUT2D eigenvalue weighted by Crippen LogP contribution is 2.08. The summed E-state index contributed by atoms with van der Waals surface area (Å²) in [4.78, 5) is 20.9. The van der Waals surface area contributed by atoms with Crippen LogP contribution in [0.25, 0.3) is 0 Å². The fourth-order valence-electron chi connectivity index (χ4n) is 2.34. The summed E-state index contributed by atoms with van der Waals surface area (Å²) in [5.41, 5.74) is 1.43. The van der Waals surface area contributed by atoms with Gasteiger partial charge in [0, 0.05) is 37.8 Å². The summed E-state index contributed by atoms with van der Waals surface area (Å²) < 4.78 is 0. The molecule has 19 heavy (non-hydrogen) atoms. The van der Waals surface area contributed by atoms with Crippen LogP contribution in [0.4, 0.5) is 0 Å². The van der Waals surface area contributed by atoms with Gasteiger partial charge >= 0.3 is 0 Å². The number of halogens is 1. The smallest absolute Gasteiger partial charge is 0.272 e. The van der Waals surface area contributed by atoms with Crippen molar-refractivity contribution < 1.29 is 4.79 Å². The van der Waals surface area contributed by atoms with E-state index in [9.17, 15) is 4.79 Å². The van der Waals surface area contributed by atoms with Crippen LogP contribution in [-0.4, -0.2) is 59.3 Å². The third-order valence-corrected chi connectivity index (χ3v) is 3.55. The lowest BCUT2D eigenvalue weighted by Crippen LogP contribution is -2.36. The maximum atomic E-state index is 12.4. The second-order valence-electron chi connectivity index (χ2n) is 4.84. The van der Waals surface area contributed by atoms with Crippen LogP contribution < -0.4 is 0 Å². The molecular formula is C14H20ClN3O. The highest BCUT2D eigenvalue weighted by atomic mass is 35.5. The number of rotatable bonds is 3. The van der Waals surface area contributed by atoms with E-state index in [0.717, 1.165) is 44.8 Å². The Balaban J connectivity index is 2.00. The van der Waals surface area contributed by atoms with Crippen LogP contribution in [0, 0.1) is 6.92 Å². The molecule has 0 bridgehead atoms. The van der Waals surface area contributed by atoms with Crippen LogP contribution in [0.15, 0.2) is 18.2 Å². The zero-order valence-electron chi connectivity index (χ0n) is 11.3.